The van der Waals surface area contributed by atoms with Crippen LogP contribution in [0, 0.1) is 0 Å². The maximum absolute atomic E-state index is 2.53. The summed E-state index contributed by atoms with van der Waals surface area (Å²) in [6.07, 6.45) is 0. The van der Waals surface area contributed by atoms with E-state index in [2.05, 4.69) is 250 Å². The Labute approximate surface area is 364 Å². The molecule has 3 heterocycles. The molecule has 13 rings (SSSR count). The third-order valence-electron chi connectivity index (χ3n) is 12.9. The van der Waals surface area contributed by atoms with E-state index in [9.17, 15) is 0 Å². The van der Waals surface area contributed by atoms with Gasteiger partial charge < -0.3 is 13.7 Å². The van der Waals surface area contributed by atoms with Crippen molar-refractivity contribution < 1.29 is 0 Å². The summed E-state index contributed by atoms with van der Waals surface area (Å²) in [5.74, 6) is 0. The zero-order valence-electron chi connectivity index (χ0n) is 34.4. The number of aromatic nitrogens is 3. The van der Waals surface area contributed by atoms with Crippen LogP contribution in [0.1, 0.15) is 0 Å². The Morgan fingerprint density at radius 3 is 0.746 bits per heavy atom. The zero-order chi connectivity index (χ0) is 41.4. The summed E-state index contributed by atoms with van der Waals surface area (Å²) in [5, 5.41) is 10.8. The Morgan fingerprint density at radius 2 is 0.460 bits per heavy atom. The molecule has 0 aliphatic carbocycles. The minimum absolute atomic E-state index is 1.12. The van der Waals surface area contributed by atoms with Gasteiger partial charge in [-0.25, -0.2) is 0 Å². The predicted octanol–water partition coefficient (Wildman–Crippen LogP) is 16.0. The van der Waals surface area contributed by atoms with E-state index >= 15 is 0 Å². The van der Waals surface area contributed by atoms with Crippen LogP contribution in [-0.4, -0.2) is 13.7 Å². The number of fused-ring (bicyclic) bond motifs is 9. The molecule has 0 aliphatic heterocycles. The smallest absolute Gasteiger partial charge is 0.0650 e. The van der Waals surface area contributed by atoms with E-state index in [0.29, 0.717) is 0 Å². The molecule has 0 saturated carbocycles. The lowest BCUT2D eigenvalue weighted by molar-refractivity contribution is 1.13. The van der Waals surface area contributed by atoms with Crippen molar-refractivity contribution in [3.8, 4) is 50.8 Å². The van der Waals surface area contributed by atoms with Gasteiger partial charge in [0.05, 0.1) is 33.6 Å². The fourth-order valence-electron chi connectivity index (χ4n) is 10.1. The summed E-state index contributed by atoms with van der Waals surface area (Å²) in [6.45, 7) is 0. The van der Waals surface area contributed by atoms with E-state index in [4.69, 9.17) is 0 Å². The van der Waals surface area contributed by atoms with Gasteiger partial charge in [0.25, 0.3) is 0 Å². The van der Waals surface area contributed by atoms with Gasteiger partial charge in [-0.15, -0.1) is 0 Å². The van der Waals surface area contributed by atoms with E-state index in [1.165, 1.54) is 65.0 Å². The molecule has 0 bridgehead atoms. The van der Waals surface area contributed by atoms with E-state index in [1.807, 2.05) is 0 Å². The number of hydrogen-bond acceptors (Lipinski definition) is 0. The number of hydrogen-bond donors (Lipinski definition) is 0. The SMILES string of the molecule is c1ccc(-c2cc3c(c4cc(-c5ccccc5)n(-c5ccc6ccccc6c5)c4c4cc(-c5ccccc5)n(-c5ccc6ccccc6c5)c34)n2-c2ccc3ccccc3c2)cc1. The van der Waals surface area contributed by atoms with Gasteiger partial charge >= 0.3 is 0 Å². The van der Waals surface area contributed by atoms with Crippen molar-refractivity contribution in [1.29, 1.82) is 0 Å². The quantitative estimate of drug-likeness (QED) is 0.159. The van der Waals surface area contributed by atoms with E-state index in [1.54, 1.807) is 0 Å². The maximum Gasteiger partial charge on any atom is 0.0650 e. The first-order chi connectivity index (χ1) is 31.2. The van der Waals surface area contributed by atoms with Crippen molar-refractivity contribution in [3.63, 3.8) is 0 Å². The molecular formula is C60H39N3. The van der Waals surface area contributed by atoms with E-state index in [0.717, 1.165) is 50.8 Å². The molecule has 0 atom stereocenters. The molecular weight excluding hydrogens is 763 g/mol. The van der Waals surface area contributed by atoms with Gasteiger partial charge in [0, 0.05) is 33.2 Å². The predicted molar refractivity (Wildman–Crippen MR) is 266 cm³/mol. The van der Waals surface area contributed by atoms with Gasteiger partial charge in [-0.3, -0.25) is 0 Å². The molecule has 0 spiro atoms. The van der Waals surface area contributed by atoms with Crippen LogP contribution in [0.4, 0.5) is 0 Å². The molecule has 0 fully saturated rings. The Morgan fingerprint density at radius 1 is 0.206 bits per heavy atom. The van der Waals surface area contributed by atoms with Gasteiger partial charge in [0.2, 0.25) is 0 Å². The molecule has 0 radical (unpaired) electrons. The first-order valence-electron chi connectivity index (χ1n) is 21.7. The highest BCUT2D eigenvalue weighted by molar-refractivity contribution is 6.27. The minimum Gasteiger partial charge on any atom is -0.308 e. The molecule has 294 valence electrons. The van der Waals surface area contributed by atoms with Gasteiger partial charge in [-0.2, -0.15) is 0 Å². The summed E-state index contributed by atoms with van der Waals surface area (Å²) < 4.78 is 7.58. The van der Waals surface area contributed by atoms with Crippen LogP contribution in [0.5, 0.6) is 0 Å². The summed E-state index contributed by atoms with van der Waals surface area (Å²) in [7, 11) is 0. The fourth-order valence-corrected chi connectivity index (χ4v) is 10.1. The second kappa shape index (κ2) is 14.1. The molecule has 0 saturated heterocycles. The summed E-state index contributed by atoms with van der Waals surface area (Å²) >= 11 is 0. The summed E-state index contributed by atoms with van der Waals surface area (Å²) in [6, 6.07) is 86.8. The van der Waals surface area contributed by atoms with Crippen molar-refractivity contribution in [3.05, 3.63) is 237 Å². The number of benzene rings is 10. The van der Waals surface area contributed by atoms with Crippen molar-refractivity contribution >= 4 is 65.0 Å². The maximum atomic E-state index is 2.53. The fraction of sp³-hybridized carbons (Fsp3) is 0. The highest BCUT2D eigenvalue weighted by atomic mass is 15.1. The first-order valence-corrected chi connectivity index (χ1v) is 21.7. The second-order valence-corrected chi connectivity index (χ2v) is 16.6. The molecule has 0 amide bonds. The lowest BCUT2D eigenvalue weighted by Crippen LogP contribution is -2.00. The van der Waals surface area contributed by atoms with Crippen LogP contribution in [0.15, 0.2) is 237 Å². The Bertz CT molecular complexity index is 3450. The second-order valence-electron chi connectivity index (χ2n) is 16.6. The molecule has 63 heavy (non-hydrogen) atoms. The molecule has 13 aromatic rings. The average Bonchev–Trinajstić information content (AvgIpc) is 4.07. The summed E-state index contributed by atoms with van der Waals surface area (Å²) in [5.41, 5.74) is 13.8. The van der Waals surface area contributed by atoms with Gasteiger partial charge in [0.15, 0.2) is 0 Å². The van der Waals surface area contributed by atoms with Crippen molar-refractivity contribution in [2.45, 2.75) is 0 Å². The Balaban J connectivity index is 1.29. The van der Waals surface area contributed by atoms with Crippen molar-refractivity contribution in [1.82, 2.24) is 13.7 Å². The minimum atomic E-state index is 1.12. The van der Waals surface area contributed by atoms with Crippen LogP contribution >= 0.6 is 0 Å². The molecule has 3 nitrogen and oxygen atoms in total. The highest BCUT2D eigenvalue weighted by Crippen LogP contribution is 2.48. The monoisotopic (exact) mass is 801 g/mol. The number of rotatable bonds is 6. The van der Waals surface area contributed by atoms with Crippen LogP contribution in [0.2, 0.25) is 0 Å². The van der Waals surface area contributed by atoms with Crippen LogP contribution in [0.3, 0.4) is 0 Å². The topological polar surface area (TPSA) is 14.8 Å². The van der Waals surface area contributed by atoms with E-state index in [-0.39, 0.29) is 0 Å². The average molecular weight is 802 g/mol. The standard InChI is InChI=1S/C60H39N3/c1-4-19-43(20-5-1)55-37-52-58(61(55)49-31-28-40-16-10-13-25-46(40)34-49)53-38-56(44-21-6-2-7-22-44)63(51-33-30-42-18-12-15-27-48(42)36-51)60(53)54-39-57(45-23-8-3-9-24-45)62(59(52)54)50-32-29-41-17-11-14-26-47(41)35-50/h1-39H. The molecule has 0 N–H and O–H groups in total. The third kappa shape index (κ3) is 5.60. The molecule has 0 unspecified atom stereocenters. The third-order valence-corrected chi connectivity index (χ3v) is 12.9. The zero-order valence-corrected chi connectivity index (χ0v) is 34.4. The van der Waals surface area contributed by atoms with Gasteiger partial charge in [-0.05, 0) is 104 Å². The summed E-state index contributed by atoms with van der Waals surface area (Å²) in [4.78, 5) is 0. The van der Waals surface area contributed by atoms with E-state index < -0.39 is 0 Å². The molecule has 10 aromatic carbocycles. The van der Waals surface area contributed by atoms with Crippen LogP contribution < -0.4 is 0 Å². The van der Waals surface area contributed by atoms with Crippen molar-refractivity contribution in [2.75, 3.05) is 0 Å². The lowest BCUT2D eigenvalue weighted by atomic mass is 10.1. The van der Waals surface area contributed by atoms with Gasteiger partial charge in [0.1, 0.15) is 0 Å². The molecule has 3 aromatic heterocycles. The van der Waals surface area contributed by atoms with Gasteiger partial charge in [-0.1, -0.05) is 182 Å². The first kappa shape index (κ1) is 35.4. The molecule has 3 heteroatoms. The molecule has 0 aliphatic rings. The van der Waals surface area contributed by atoms with Crippen molar-refractivity contribution in [2.24, 2.45) is 0 Å². The Hall–Kier alpha value is -8.40. The Kier molecular flexibility index (Phi) is 7.91. The van der Waals surface area contributed by atoms with Crippen LogP contribution in [-0.2, 0) is 0 Å². The number of nitrogens with zero attached hydrogens (tertiary/aromatic N) is 3. The van der Waals surface area contributed by atoms with Crippen LogP contribution in [0.25, 0.3) is 116 Å². The lowest BCUT2D eigenvalue weighted by Gasteiger charge is -2.16. The largest absolute Gasteiger partial charge is 0.308 e. The normalized spacial score (nSPS) is 11.8. The highest BCUT2D eigenvalue weighted by Gasteiger charge is 2.27.